The average molecular weight is 669 g/mol. The van der Waals surface area contributed by atoms with Crippen molar-refractivity contribution in [3.8, 4) is 11.5 Å². The smallest absolute Gasteiger partial charge is 0.499 e. The van der Waals surface area contributed by atoms with Gasteiger partial charge in [0.1, 0.15) is 23.2 Å². The van der Waals surface area contributed by atoms with Gasteiger partial charge in [0.2, 0.25) is 11.5 Å². The molecule has 3 unspecified atom stereocenters. The van der Waals surface area contributed by atoms with E-state index >= 15 is 0 Å². The molecule has 262 valence electrons. The van der Waals surface area contributed by atoms with Crippen LogP contribution in [0.3, 0.4) is 0 Å². The second-order valence-corrected chi connectivity index (χ2v) is 15.7. The molecule has 0 aliphatic carbocycles. The number of cyclic esters (lactones) is 1. The molecular formula is C35H57O10P. The van der Waals surface area contributed by atoms with E-state index in [4.69, 9.17) is 18.5 Å². The number of benzene rings is 1. The van der Waals surface area contributed by atoms with Gasteiger partial charge in [-0.1, -0.05) is 72.6 Å². The van der Waals surface area contributed by atoms with Crippen molar-refractivity contribution in [3.05, 3.63) is 33.8 Å². The maximum Gasteiger partial charge on any atom is 0.584 e. The highest BCUT2D eigenvalue weighted by Gasteiger charge is 2.45. The van der Waals surface area contributed by atoms with E-state index in [-0.39, 0.29) is 11.4 Å². The second-order valence-electron chi connectivity index (χ2n) is 14.4. The third kappa shape index (κ3) is 9.88. The van der Waals surface area contributed by atoms with Crippen LogP contribution in [0.1, 0.15) is 121 Å². The Bertz CT molecular complexity index is 1290. The molecule has 46 heavy (non-hydrogen) atoms. The highest BCUT2D eigenvalue weighted by Crippen LogP contribution is 2.53. The summed E-state index contributed by atoms with van der Waals surface area (Å²) in [5, 5.41) is 29.2. The minimum absolute atomic E-state index is 0.141. The van der Waals surface area contributed by atoms with Crippen molar-refractivity contribution < 1.29 is 48.1 Å². The Morgan fingerprint density at radius 2 is 1.52 bits per heavy atom. The highest BCUT2D eigenvalue weighted by molar-refractivity contribution is 7.48. The molecule has 0 spiro atoms. The first-order valence-corrected chi connectivity index (χ1v) is 18.4. The largest absolute Gasteiger partial charge is 0.584 e. The predicted molar refractivity (Wildman–Crippen MR) is 177 cm³/mol. The molecule has 2 aliphatic heterocycles. The lowest BCUT2D eigenvalue weighted by Crippen LogP contribution is -2.37. The number of aliphatic hydroxyl groups is 3. The van der Waals surface area contributed by atoms with Gasteiger partial charge in [0.05, 0.1) is 6.61 Å². The molecule has 0 bridgehead atoms. The van der Waals surface area contributed by atoms with E-state index in [2.05, 4.69) is 34.6 Å². The van der Waals surface area contributed by atoms with Crippen LogP contribution in [-0.2, 0) is 25.0 Å². The summed E-state index contributed by atoms with van der Waals surface area (Å²) < 4.78 is 35.1. The van der Waals surface area contributed by atoms with Crippen LogP contribution in [0.5, 0.6) is 11.5 Å². The molecule has 0 saturated carbocycles. The van der Waals surface area contributed by atoms with Crippen molar-refractivity contribution in [2.45, 2.75) is 144 Å². The molecule has 0 radical (unpaired) electrons. The Morgan fingerprint density at radius 3 is 2.11 bits per heavy atom. The van der Waals surface area contributed by atoms with Crippen molar-refractivity contribution in [1.29, 1.82) is 0 Å². The monoisotopic (exact) mass is 668 g/mol. The Kier molecular flexibility index (Phi) is 13.5. The van der Waals surface area contributed by atoms with Crippen molar-refractivity contribution in [1.82, 2.24) is 0 Å². The van der Waals surface area contributed by atoms with Gasteiger partial charge >= 0.3 is 13.8 Å². The fraction of sp³-hybridized carbons (Fsp3) is 0.743. The van der Waals surface area contributed by atoms with Crippen LogP contribution < -0.4 is 9.26 Å². The number of ether oxygens (including phenoxy) is 2. The van der Waals surface area contributed by atoms with Gasteiger partial charge in [0.15, 0.2) is 6.10 Å². The Morgan fingerprint density at radius 1 is 0.935 bits per heavy atom. The van der Waals surface area contributed by atoms with Crippen LogP contribution >= 0.6 is 7.82 Å². The number of phosphoric acid groups is 1. The zero-order valence-corrected chi connectivity index (χ0v) is 30.0. The van der Waals surface area contributed by atoms with E-state index in [0.717, 1.165) is 48.0 Å². The van der Waals surface area contributed by atoms with Crippen LogP contribution in [0.25, 0.3) is 0 Å². The van der Waals surface area contributed by atoms with Gasteiger partial charge < -0.3 is 33.8 Å². The molecule has 2 aliphatic rings. The number of carbonyl (C=O) groups is 1. The summed E-state index contributed by atoms with van der Waals surface area (Å²) in [6.45, 7) is 16.1. The molecule has 0 saturated heterocycles. The van der Waals surface area contributed by atoms with Crippen LogP contribution in [0.15, 0.2) is 11.5 Å². The molecule has 0 aromatic heterocycles. The average Bonchev–Trinajstić information content (AvgIpc) is 3.25. The molecule has 11 heteroatoms. The van der Waals surface area contributed by atoms with Crippen molar-refractivity contribution in [2.24, 2.45) is 17.8 Å². The van der Waals surface area contributed by atoms with Crippen LogP contribution in [-0.4, -0.2) is 50.6 Å². The summed E-state index contributed by atoms with van der Waals surface area (Å²) in [4.78, 5) is 22.4. The number of phosphoric ester groups is 1. The minimum atomic E-state index is -4.98. The SMILES string of the molecule is Cc1c(C)c2c(c(C)c1OP(=O)(O)OC1=C(O)C(=O)OC1C(O)CO)CC[C@@](C)(CCC[C@H](C)CCC[C@H](C)CCCC(C)C)O2. The van der Waals surface area contributed by atoms with Crippen LogP contribution in [0, 0.1) is 38.5 Å². The molecule has 0 amide bonds. The lowest BCUT2D eigenvalue weighted by molar-refractivity contribution is -0.147. The van der Waals surface area contributed by atoms with Gasteiger partial charge in [0.25, 0.3) is 0 Å². The summed E-state index contributed by atoms with van der Waals surface area (Å²) in [6.07, 6.45) is 9.21. The summed E-state index contributed by atoms with van der Waals surface area (Å²) in [5.41, 5.74) is 2.58. The van der Waals surface area contributed by atoms with E-state index < -0.39 is 44.1 Å². The van der Waals surface area contributed by atoms with E-state index in [1.807, 2.05) is 6.92 Å². The summed E-state index contributed by atoms with van der Waals surface area (Å²) in [7, 11) is -4.98. The maximum absolute atomic E-state index is 13.1. The summed E-state index contributed by atoms with van der Waals surface area (Å²) >= 11 is 0. The molecule has 1 aromatic rings. The van der Waals surface area contributed by atoms with Gasteiger partial charge in [-0.25, -0.2) is 9.36 Å². The fourth-order valence-electron chi connectivity index (χ4n) is 6.56. The topological polar surface area (TPSA) is 152 Å². The molecule has 6 atom stereocenters. The molecular weight excluding hydrogens is 611 g/mol. The zero-order valence-electron chi connectivity index (χ0n) is 29.1. The number of hydrogen-bond acceptors (Lipinski definition) is 9. The maximum atomic E-state index is 13.1. The third-order valence-electron chi connectivity index (χ3n) is 9.71. The Labute approximate surface area is 275 Å². The predicted octanol–water partition coefficient (Wildman–Crippen LogP) is 7.68. The van der Waals surface area contributed by atoms with Crippen LogP contribution in [0.4, 0.5) is 0 Å². The Hall–Kier alpha value is -2.26. The summed E-state index contributed by atoms with van der Waals surface area (Å²) in [5.74, 6) is 0.0763. The fourth-order valence-corrected chi connectivity index (χ4v) is 7.54. The van der Waals surface area contributed by atoms with E-state index in [1.165, 1.54) is 44.9 Å². The minimum Gasteiger partial charge on any atom is -0.499 e. The quantitative estimate of drug-likeness (QED) is 0.0905. The molecule has 0 fully saturated rings. The molecule has 2 heterocycles. The van der Waals surface area contributed by atoms with Gasteiger partial charge in [-0.2, -0.15) is 0 Å². The number of esters is 1. The number of aliphatic hydroxyl groups excluding tert-OH is 3. The van der Waals surface area contributed by atoms with Crippen molar-refractivity contribution >= 4 is 13.8 Å². The van der Waals surface area contributed by atoms with E-state index in [9.17, 15) is 29.6 Å². The zero-order chi connectivity index (χ0) is 34.4. The van der Waals surface area contributed by atoms with Crippen LogP contribution in [0.2, 0.25) is 0 Å². The second kappa shape index (κ2) is 16.2. The molecule has 10 nitrogen and oxygen atoms in total. The normalized spacial score (nSPS) is 23.0. The number of rotatable bonds is 18. The van der Waals surface area contributed by atoms with Gasteiger partial charge in [-0.3, -0.25) is 4.89 Å². The standard InChI is InChI=1S/C35H57O10P/c1-21(2)12-9-13-22(3)14-10-15-23(4)16-11-18-35(8)19-17-27-26(7)30(24(5)25(6)31(27)43-35)44-46(40,41)45-33-29(38)34(39)42-32(33)28(37)20-36/h21-23,28,32,36-38H,9-20H2,1-8H3,(H,40,41)/t22-,23-,28?,32?,35-/m1/s1. The first kappa shape index (κ1) is 38.2. The third-order valence-corrected chi connectivity index (χ3v) is 10.6. The van der Waals surface area contributed by atoms with Crippen molar-refractivity contribution in [2.75, 3.05) is 6.61 Å². The van der Waals surface area contributed by atoms with Gasteiger partial charge in [-0.05, 0) is 87.8 Å². The Balaban J connectivity index is 1.60. The first-order chi connectivity index (χ1) is 21.5. The van der Waals surface area contributed by atoms with Crippen molar-refractivity contribution in [3.63, 3.8) is 0 Å². The number of hydrogen-bond donors (Lipinski definition) is 4. The number of fused-ring (bicyclic) bond motifs is 1. The highest BCUT2D eigenvalue weighted by atomic mass is 31.2. The first-order valence-electron chi connectivity index (χ1n) is 16.9. The molecule has 3 rings (SSSR count). The van der Waals surface area contributed by atoms with Gasteiger partial charge in [-0.15, -0.1) is 0 Å². The van der Waals surface area contributed by atoms with E-state index in [1.54, 1.807) is 13.8 Å². The molecule has 1 aromatic carbocycles. The lowest BCUT2D eigenvalue weighted by Gasteiger charge is -2.38. The van der Waals surface area contributed by atoms with E-state index in [0.29, 0.717) is 23.5 Å². The number of carbonyl (C=O) groups excluding carboxylic acids is 1. The summed E-state index contributed by atoms with van der Waals surface area (Å²) in [6, 6.07) is 0. The van der Waals surface area contributed by atoms with Gasteiger partial charge in [0, 0.05) is 5.56 Å². The lowest BCUT2D eigenvalue weighted by atomic mass is 9.84. The molecule has 4 N–H and O–H groups in total.